The van der Waals surface area contributed by atoms with Gasteiger partial charge in [0.05, 0.1) is 5.56 Å². The van der Waals surface area contributed by atoms with Gasteiger partial charge in [-0.3, -0.25) is 4.79 Å². The third-order valence-corrected chi connectivity index (χ3v) is 3.58. The first-order valence-electron chi connectivity index (χ1n) is 7.34. The van der Waals surface area contributed by atoms with E-state index in [1.165, 1.54) is 12.8 Å². The number of aryl methyl sites for hydroxylation is 1. The Morgan fingerprint density at radius 2 is 1.89 bits per heavy atom. The maximum absolute atomic E-state index is 12.3. The molecule has 1 N–H and O–H groups in total. The van der Waals surface area contributed by atoms with E-state index in [0.717, 1.165) is 24.0 Å². The molecule has 0 radical (unpaired) electrons. The Kier molecular flexibility index (Phi) is 6.07. The number of rotatable bonds is 7. The number of hydrogen-bond donors (Lipinski definition) is 1. The second-order valence-electron chi connectivity index (χ2n) is 5.58. The van der Waals surface area contributed by atoms with Crippen LogP contribution >= 0.6 is 0 Å². The summed E-state index contributed by atoms with van der Waals surface area (Å²) in [6.45, 7) is 8.10. The molecule has 2 nitrogen and oxygen atoms in total. The minimum atomic E-state index is 0.0774. The molecule has 0 aromatic heterocycles. The predicted octanol–water partition coefficient (Wildman–Crippen LogP) is 4.98. The van der Waals surface area contributed by atoms with Crippen molar-refractivity contribution in [1.82, 2.24) is 0 Å². The van der Waals surface area contributed by atoms with Crippen molar-refractivity contribution in [3.63, 3.8) is 0 Å². The molecule has 0 saturated heterocycles. The molecular weight excluding hydrogens is 236 g/mol. The number of carbonyl (C=O) groups excluding carboxylic acids is 1. The van der Waals surface area contributed by atoms with Crippen LogP contribution < -0.4 is 0 Å². The van der Waals surface area contributed by atoms with E-state index < -0.39 is 0 Å². The van der Waals surface area contributed by atoms with E-state index in [9.17, 15) is 9.90 Å². The number of unbranched alkanes of at least 4 members (excludes halogenated alkanes) is 3. The van der Waals surface area contributed by atoms with Crippen LogP contribution in [0.15, 0.2) is 12.1 Å². The lowest BCUT2D eigenvalue weighted by Crippen LogP contribution is -2.05. The van der Waals surface area contributed by atoms with Crippen LogP contribution in [0.25, 0.3) is 0 Å². The third kappa shape index (κ3) is 4.09. The van der Waals surface area contributed by atoms with Crippen LogP contribution in [-0.4, -0.2) is 10.9 Å². The standard InChI is InChI=1S/C17H26O2/c1-5-6-7-8-9-15(18)16-13(4)10-11-14(12(2)3)17(16)19/h10-12,19H,5-9H2,1-4H3. The van der Waals surface area contributed by atoms with E-state index in [-0.39, 0.29) is 17.5 Å². The molecule has 1 aromatic rings. The van der Waals surface area contributed by atoms with Crippen LogP contribution in [0.1, 0.15) is 80.3 Å². The molecule has 19 heavy (non-hydrogen) atoms. The zero-order valence-electron chi connectivity index (χ0n) is 12.6. The number of hydrogen-bond acceptors (Lipinski definition) is 2. The summed E-state index contributed by atoms with van der Waals surface area (Å²) in [5.74, 6) is 0.497. The first-order chi connectivity index (χ1) is 8.99. The topological polar surface area (TPSA) is 37.3 Å². The van der Waals surface area contributed by atoms with Crippen molar-refractivity contribution in [3.05, 3.63) is 28.8 Å². The van der Waals surface area contributed by atoms with Gasteiger partial charge < -0.3 is 5.11 Å². The molecule has 0 unspecified atom stereocenters. The summed E-state index contributed by atoms with van der Waals surface area (Å²) in [6, 6.07) is 3.86. The lowest BCUT2D eigenvalue weighted by Gasteiger charge is -2.14. The molecule has 0 fully saturated rings. The molecule has 0 heterocycles. The normalized spacial score (nSPS) is 11.0. The molecular formula is C17H26O2. The zero-order valence-corrected chi connectivity index (χ0v) is 12.6. The van der Waals surface area contributed by atoms with Crippen LogP contribution in [0, 0.1) is 6.92 Å². The van der Waals surface area contributed by atoms with Gasteiger partial charge >= 0.3 is 0 Å². The van der Waals surface area contributed by atoms with E-state index in [0.29, 0.717) is 12.0 Å². The van der Waals surface area contributed by atoms with Crippen molar-refractivity contribution in [2.75, 3.05) is 0 Å². The van der Waals surface area contributed by atoms with Crippen LogP contribution in [0.3, 0.4) is 0 Å². The second-order valence-corrected chi connectivity index (χ2v) is 5.58. The van der Waals surface area contributed by atoms with Crippen molar-refractivity contribution < 1.29 is 9.90 Å². The minimum absolute atomic E-state index is 0.0774. The summed E-state index contributed by atoms with van der Waals surface area (Å²) < 4.78 is 0. The van der Waals surface area contributed by atoms with Crippen LogP contribution in [0.2, 0.25) is 0 Å². The van der Waals surface area contributed by atoms with Gasteiger partial charge in [-0.1, -0.05) is 52.2 Å². The lowest BCUT2D eigenvalue weighted by atomic mass is 9.92. The molecule has 0 spiro atoms. The van der Waals surface area contributed by atoms with E-state index in [1.807, 2.05) is 32.9 Å². The Labute approximate surface area is 116 Å². The Hall–Kier alpha value is -1.31. The molecule has 0 aliphatic rings. The van der Waals surface area contributed by atoms with E-state index in [2.05, 4.69) is 6.92 Å². The number of carbonyl (C=O) groups is 1. The van der Waals surface area contributed by atoms with Gasteiger partial charge in [0.1, 0.15) is 5.75 Å². The zero-order chi connectivity index (χ0) is 14.4. The smallest absolute Gasteiger partial charge is 0.166 e. The van der Waals surface area contributed by atoms with Crippen molar-refractivity contribution in [2.24, 2.45) is 0 Å². The number of phenolic OH excluding ortho intramolecular Hbond substituents is 1. The van der Waals surface area contributed by atoms with Gasteiger partial charge in [0.2, 0.25) is 0 Å². The number of phenols is 1. The maximum atomic E-state index is 12.3. The second kappa shape index (κ2) is 7.32. The van der Waals surface area contributed by atoms with Crippen LogP contribution in [0.4, 0.5) is 0 Å². The summed E-state index contributed by atoms with van der Waals surface area (Å²) in [5.41, 5.74) is 2.27. The SMILES string of the molecule is CCCCCCC(=O)c1c(C)ccc(C(C)C)c1O. The molecule has 0 aliphatic carbocycles. The van der Waals surface area contributed by atoms with Crippen LogP contribution in [0.5, 0.6) is 5.75 Å². The average Bonchev–Trinajstić information content (AvgIpc) is 2.34. The fraction of sp³-hybridized carbons (Fsp3) is 0.588. The van der Waals surface area contributed by atoms with E-state index >= 15 is 0 Å². The molecule has 0 amide bonds. The third-order valence-electron chi connectivity index (χ3n) is 3.58. The van der Waals surface area contributed by atoms with Crippen LogP contribution in [-0.2, 0) is 0 Å². The highest BCUT2D eigenvalue weighted by atomic mass is 16.3. The van der Waals surface area contributed by atoms with E-state index in [4.69, 9.17) is 0 Å². The molecule has 2 heteroatoms. The molecule has 1 rings (SSSR count). The Balaban J connectivity index is 2.86. The first kappa shape index (κ1) is 15.7. The lowest BCUT2D eigenvalue weighted by molar-refractivity contribution is 0.0975. The number of Topliss-reactive ketones (excluding diaryl/α,β-unsaturated/α-hetero) is 1. The fourth-order valence-corrected chi connectivity index (χ4v) is 2.36. The summed E-state index contributed by atoms with van der Waals surface area (Å²) >= 11 is 0. The van der Waals surface area contributed by atoms with Crippen molar-refractivity contribution in [3.8, 4) is 5.75 Å². The van der Waals surface area contributed by atoms with Gasteiger partial charge in [-0.2, -0.15) is 0 Å². The van der Waals surface area contributed by atoms with Crippen molar-refractivity contribution in [2.45, 2.75) is 65.7 Å². The minimum Gasteiger partial charge on any atom is -0.507 e. The van der Waals surface area contributed by atoms with Gasteiger partial charge in [-0.05, 0) is 30.4 Å². The van der Waals surface area contributed by atoms with Crippen molar-refractivity contribution >= 4 is 5.78 Å². The number of aromatic hydroxyl groups is 1. The summed E-state index contributed by atoms with van der Waals surface area (Å²) in [4.78, 5) is 12.3. The summed E-state index contributed by atoms with van der Waals surface area (Å²) in [5, 5.41) is 10.3. The van der Waals surface area contributed by atoms with Gasteiger partial charge in [0.25, 0.3) is 0 Å². The maximum Gasteiger partial charge on any atom is 0.166 e. The van der Waals surface area contributed by atoms with Crippen molar-refractivity contribution in [1.29, 1.82) is 0 Å². The molecule has 0 bridgehead atoms. The monoisotopic (exact) mass is 262 g/mol. The Morgan fingerprint density at radius 1 is 1.21 bits per heavy atom. The highest BCUT2D eigenvalue weighted by Crippen LogP contribution is 2.32. The fourth-order valence-electron chi connectivity index (χ4n) is 2.36. The highest BCUT2D eigenvalue weighted by Gasteiger charge is 2.18. The molecule has 0 aliphatic heterocycles. The quantitative estimate of drug-likeness (QED) is 0.556. The van der Waals surface area contributed by atoms with E-state index in [1.54, 1.807) is 0 Å². The Morgan fingerprint density at radius 3 is 2.47 bits per heavy atom. The molecule has 0 atom stereocenters. The number of ketones is 1. The van der Waals surface area contributed by atoms with Gasteiger partial charge in [0.15, 0.2) is 5.78 Å². The van der Waals surface area contributed by atoms with Gasteiger partial charge in [-0.25, -0.2) is 0 Å². The Bertz CT molecular complexity index is 433. The molecule has 106 valence electrons. The first-order valence-corrected chi connectivity index (χ1v) is 7.34. The highest BCUT2D eigenvalue weighted by molar-refractivity contribution is 6.00. The molecule has 1 aromatic carbocycles. The summed E-state index contributed by atoms with van der Waals surface area (Å²) in [7, 11) is 0. The molecule has 0 saturated carbocycles. The summed E-state index contributed by atoms with van der Waals surface area (Å²) in [6.07, 6.45) is 4.88. The van der Waals surface area contributed by atoms with Gasteiger partial charge in [0, 0.05) is 6.42 Å². The predicted molar refractivity (Wildman–Crippen MR) is 80.0 cm³/mol. The number of benzene rings is 1. The largest absolute Gasteiger partial charge is 0.507 e. The average molecular weight is 262 g/mol. The van der Waals surface area contributed by atoms with Gasteiger partial charge in [-0.15, -0.1) is 0 Å².